The van der Waals surface area contributed by atoms with Crippen molar-refractivity contribution in [1.29, 1.82) is 0 Å². The zero-order valence-electron chi connectivity index (χ0n) is 19.9. The first-order chi connectivity index (χ1) is 16.1. The lowest BCUT2D eigenvalue weighted by molar-refractivity contribution is -0.116. The second-order valence-electron chi connectivity index (χ2n) is 9.09. The van der Waals surface area contributed by atoms with E-state index in [2.05, 4.69) is 22.5 Å². The van der Waals surface area contributed by atoms with Crippen LogP contribution >= 0.6 is 11.6 Å². The second kappa shape index (κ2) is 10.9. The zero-order chi connectivity index (χ0) is 24.9. The topological polar surface area (TPSA) is 111 Å². The molecule has 0 bridgehead atoms. The van der Waals surface area contributed by atoms with E-state index in [0.29, 0.717) is 40.2 Å². The molecule has 1 aromatic carbocycles. The summed E-state index contributed by atoms with van der Waals surface area (Å²) in [5.74, 6) is 0.0782. The maximum Gasteiger partial charge on any atom is 0.407 e. The molecule has 2 amide bonds. The van der Waals surface area contributed by atoms with Crippen LogP contribution in [0.5, 0.6) is 0 Å². The van der Waals surface area contributed by atoms with Gasteiger partial charge in [-0.3, -0.25) is 9.59 Å². The van der Waals surface area contributed by atoms with Gasteiger partial charge in [-0.05, 0) is 45.7 Å². The van der Waals surface area contributed by atoms with Gasteiger partial charge in [-0.15, -0.1) is 0 Å². The molecule has 34 heavy (non-hydrogen) atoms. The van der Waals surface area contributed by atoms with Crippen molar-refractivity contribution in [3.63, 3.8) is 0 Å². The molecule has 0 saturated heterocycles. The third-order valence-corrected chi connectivity index (χ3v) is 5.42. The number of unbranched alkanes of at least 4 members (excludes halogenated alkanes) is 2. The van der Waals surface area contributed by atoms with Crippen LogP contribution in [-0.2, 0) is 16.0 Å². The number of anilines is 1. The van der Waals surface area contributed by atoms with Gasteiger partial charge in [0.05, 0.1) is 5.02 Å². The van der Waals surface area contributed by atoms with Crippen LogP contribution in [0, 0.1) is 0 Å². The van der Waals surface area contributed by atoms with E-state index < -0.39 is 11.7 Å². The highest BCUT2D eigenvalue weighted by Gasteiger charge is 2.20. The highest BCUT2D eigenvalue weighted by atomic mass is 35.5. The molecule has 2 N–H and O–H groups in total. The Kier molecular flexibility index (Phi) is 8.15. The summed E-state index contributed by atoms with van der Waals surface area (Å²) in [6.07, 6.45) is 3.14. The van der Waals surface area contributed by atoms with Crippen LogP contribution in [0.2, 0.25) is 5.02 Å². The van der Waals surface area contributed by atoms with Crippen molar-refractivity contribution in [1.82, 2.24) is 10.3 Å². The van der Waals surface area contributed by atoms with Gasteiger partial charge in [-0.1, -0.05) is 31.4 Å². The van der Waals surface area contributed by atoms with Gasteiger partial charge in [-0.25, -0.2) is 9.78 Å². The first-order valence-corrected chi connectivity index (χ1v) is 11.8. The lowest BCUT2D eigenvalue weighted by Crippen LogP contribution is -2.34. The predicted octanol–water partition coefficient (Wildman–Crippen LogP) is 5.53. The second-order valence-corrected chi connectivity index (χ2v) is 9.47. The largest absolute Gasteiger partial charge is 0.453 e. The number of fused-ring (bicyclic) bond motifs is 2. The molecule has 0 radical (unpaired) electrons. The Bertz CT molecular complexity index is 1220. The summed E-state index contributed by atoms with van der Waals surface area (Å²) >= 11 is 6.30. The van der Waals surface area contributed by atoms with Crippen LogP contribution in [0.3, 0.4) is 0 Å². The highest BCUT2D eigenvalue weighted by molar-refractivity contribution is 6.31. The number of ether oxygens (including phenoxy) is 1. The molecular weight excluding hydrogens is 458 g/mol. The summed E-state index contributed by atoms with van der Waals surface area (Å²) < 4.78 is 11.1. The fraction of sp³-hybridized carbons (Fsp3) is 0.440. The van der Waals surface area contributed by atoms with Gasteiger partial charge < -0.3 is 19.8 Å². The first kappa shape index (κ1) is 25.5. The molecule has 8 nitrogen and oxygen atoms in total. The van der Waals surface area contributed by atoms with Crippen molar-refractivity contribution in [3.8, 4) is 11.5 Å². The normalized spacial score (nSPS) is 11.6. The number of alkyl carbamates (subject to hydrolysis) is 1. The van der Waals surface area contributed by atoms with E-state index in [-0.39, 0.29) is 29.3 Å². The summed E-state index contributed by atoms with van der Waals surface area (Å²) in [5, 5.41) is 5.51. The predicted molar refractivity (Wildman–Crippen MR) is 133 cm³/mol. The van der Waals surface area contributed by atoms with Crippen LogP contribution in [0.15, 0.2) is 33.5 Å². The fourth-order valence-electron chi connectivity index (χ4n) is 3.45. The number of carbonyl (C=O) groups excluding carboxylic acids is 2. The van der Waals surface area contributed by atoms with Gasteiger partial charge in [0, 0.05) is 36.3 Å². The summed E-state index contributed by atoms with van der Waals surface area (Å²) in [7, 11) is 0. The number of aromatic nitrogens is 1. The Morgan fingerprint density at radius 2 is 1.94 bits per heavy atom. The van der Waals surface area contributed by atoms with E-state index in [1.165, 1.54) is 6.07 Å². The number of hydrogen-bond donors (Lipinski definition) is 2. The summed E-state index contributed by atoms with van der Waals surface area (Å²) in [6, 6.07) is 6.45. The summed E-state index contributed by atoms with van der Waals surface area (Å²) in [5.41, 5.74) is 1.91. The van der Waals surface area contributed by atoms with Crippen LogP contribution in [0.1, 0.15) is 58.9 Å². The standard InChI is InChI=1S/C25H30ClN3O5/c1-5-6-7-8-16-22(26)18(30)14-20-23(16)29-17-10-9-15(13-19(17)33-20)28-21(31)11-12-27-24(32)34-25(2,3)4/h9-10,13-14H,5-8,11-12H2,1-4H3,(H,27,32)(H,28,31). The Balaban J connectivity index is 1.74. The summed E-state index contributed by atoms with van der Waals surface area (Å²) in [4.78, 5) is 41.0. The third-order valence-electron chi connectivity index (χ3n) is 5.01. The van der Waals surface area contributed by atoms with Crippen molar-refractivity contribution >= 4 is 40.4 Å². The molecule has 0 aromatic heterocycles. The smallest absolute Gasteiger partial charge is 0.407 e. The van der Waals surface area contributed by atoms with Crippen LogP contribution in [0.25, 0.3) is 22.6 Å². The maximum atomic E-state index is 12.3. The Morgan fingerprint density at radius 3 is 2.65 bits per heavy atom. The molecule has 0 fully saturated rings. The average molecular weight is 488 g/mol. The number of hydrogen-bond acceptors (Lipinski definition) is 6. The Hall–Kier alpha value is -3.13. The molecule has 9 heteroatoms. The lowest BCUT2D eigenvalue weighted by atomic mass is 10.0. The van der Waals surface area contributed by atoms with Gasteiger partial charge in [0.15, 0.2) is 11.3 Å². The maximum absolute atomic E-state index is 12.3. The Labute approximate surface area is 203 Å². The molecule has 3 rings (SSSR count). The molecule has 1 heterocycles. The van der Waals surface area contributed by atoms with E-state index in [0.717, 1.165) is 19.3 Å². The van der Waals surface area contributed by atoms with Gasteiger partial charge in [0.2, 0.25) is 11.3 Å². The molecule has 0 saturated carbocycles. The van der Waals surface area contributed by atoms with E-state index in [9.17, 15) is 14.4 Å². The fourth-order valence-corrected chi connectivity index (χ4v) is 3.69. The number of nitrogens with one attached hydrogen (secondary N) is 2. The number of rotatable bonds is 8. The number of carbonyl (C=O) groups is 2. The minimum Gasteiger partial charge on any atom is -0.453 e. The van der Waals surface area contributed by atoms with Crippen LogP contribution < -0.4 is 16.1 Å². The molecule has 0 unspecified atom stereocenters. The monoisotopic (exact) mass is 487 g/mol. The molecule has 1 aliphatic carbocycles. The van der Waals surface area contributed by atoms with E-state index in [4.69, 9.17) is 20.8 Å². The molecule has 0 atom stereocenters. The molecule has 2 aliphatic rings. The zero-order valence-corrected chi connectivity index (χ0v) is 20.7. The summed E-state index contributed by atoms with van der Waals surface area (Å²) in [6.45, 7) is 7.54. The van der Waals surface area contributed by atoms with Crippen molar-refractivity contribution in [2.45, 2.75) is 65.4 Å². The van der Waals surface area contributed by atoms with Gasteiger partial charge in [0.25, 0.3) is 0 Å². The van der Waals surface area contributed by atoms with Gasteiger partial charge in [-0.2, -0.15) is 0 Å². The average Bonchev–Trinajstić information content (AvgIpc) is 2.74. The number of amides is 2. The van der Waals surface area contributed by atoms with Gasteiger partial charge in [0.1, 0.15) is 16.8 Å². The van der Waals surface area contributed by atoms with Crippen LogP contribution in [0.4, 0.5) is 10.5 Å². The number of benzene rings is 2. The van der Waals surface area contributed by atoms with Gasteiger partial charge >= 0.3 is 6.09 Å². The van der Waals surface area contributed by atoms with Crippen molar-refractivity contribution in [2.75, 3.05) is 11.9 Å². The highest BCUT2D eigenvalue weighted by Crippen LogP contribution is 2.32. The molecule has 1 aromatic rings. The van der Waals surface area contributed by atoms with Crippen molar-refractivity contribution < 1.29 is 18.7 Å². The van der Waals surface area contributed by atoms with E-state index in [1.807, 2.05) is 0 Å². The first-order valence-electron chi connectivity index (χ1n) is 11.4. The molecular formula is C25H30ClN3O5. The number of nitrogens with zero attached hydrogens (tertiary/aromatic N) is 1. The minimum atomic E-state index is -0.604. The lowest BCUT2D eigenvalue weighted by Gasteiger charge is -2.19. The van der Waals surface area contributed by atoms with Crippen LogP contribution in [-0.4, -0.2) is 29.1 Å². The van der Waals surface area contributed by atoms with E-state index in [1.54, 1.807) is 39.0 Å². The molecule has 1 aliphatic heterocycles. The third kappa shape index (κ3) is 6.70. The number of halogens is 1. The Morgan fingerprint density at radius 1 is 1.18 bits per heavy atom. The SMILES string of the molecule is CCCCCc1c2nc3ccc(NC(=O)CCNC(=O)OC(C)(C)C)cc3oc-2cc(=O)c1Cl. The molecule has 182 valence electrons. The van der Waals surface area contributed by atoms with Crippen molar-refractivity contribution in [2.24, 2.45) is 0 Å². The van der Waals surface area contributed by atoms with Crippen molar-refractivity contribution in [3.05, 3.63) is 45.1 Å². The minimum absolute atomic E-state index is 0.0730. The molecule has 0 spiro atoms. The van der Waals surface area contributed by atoms with E-state index >= 15 is 0 Å². The quantitative estimate of drug-likeness (QED) is 0.319.